The predicted molar refractivity (Wildman–Crippen MR) is 77.0 cm³/mol. The van der Waals surface area contributed by atoms with Gasteiger partial charge in [0.2, 0.25) is 0 Å². The van der Waals surface area contributed by atoms with Gasteiger partial charge < -0.3 is 15.0 Å². The number of morpholine rings is 1. The number of benzene rings is 1. The number of nitrogens with one attached hydrogen (secondary N) is 1. The molecule has 0 aromatic heterocycles. The molecule has 1 fully saturated rings. The molecule has 6 heteroatoms. The molecule has 102 valence electrons. The zero-order valence-corrected chi connectivity index (χ0v) is 11.9. The van der Waals surface area contributed by atoms with Gasteiger partial charge in [0, 0.05) is 28.7 Å². The van der Waals surface area contributed by atoms with Gasteiger partial charge in [0.15, 0.2) is 5.96 Å². The van der Waals surface area contributed by atoms with Gasteiger partial charge in [-0.2, -0.15) is 0 Å². The van der Waals surface area contributed by atoms with Crippen LogP contribution in [0.3, 0.4) is 0 Å². The van der Waals surface area contributed by atoms with Crippen LogP contribution in [-0.2, 0) is 4.74 Å². The Kier molecular flexibility index (Phi) is 3.82. The van der Waals surface area contributed by atoms with Gasteiger partial charge in [-0.25, -0.2) is 0 Å². The van der Waals surface area contributed by atoms with Gasteiger partial charge in [-0.05, 0) is 12.1 Å². The lowest BCUT2D eigenvalue weighted by molar-refractivity contribution is 0.0668. The van der Waals surface area contributed by atoms with Crippen molar-refractivity contribution in [2.75, 3.05) is 32.8 Å². The fourth-order valence-corrected chi connectivity index (χ4v) is 3.06. The maximum atomic E-state index is 6.23. The van der Waals surface area contributed by atoms with Crippen LogP contribution in [0.2, 0.25) is 10.0 Å². The maximum absolute atomic E-state index is 6.23. The van der Waals surface area contributed by atoms with E-state index in [0.717, 1.165) is 37.8 Å². The second kappa shape index (κ2) is 5.57. The summed E-state index contributed by atoms with van der Waals surface area (Å²) in [6.07, 6.45) is 0. The topological polar surface area (TPSA) is 36.9 Å². The van der Waals surface area contributed by atoms with Crippen LogP contribution in [0.25, 0.3) is 0 Å². The molecule has 0 saturated carbocycles. The molecule has 0 aliphatic carbocycles. The molecule has 0 bridgehead atoms. The van der Waals surface area contributed by atoms with E-state index in [1.54, 1.807) is 0 Å². The first kappa shape index (κ1) is 13.0. The molecule has 19 heavy (non-hydrogen) atoms. The van der Waals surface area contributed by atoms with Crippen LogP contribution < -0.4 is 5.32 Å². The van der Waals surface area contributed by atoms with E-state index in [4.69, 9.17) is 27.9 Å². The molecular weight excluding hydrogens is 285 g/mol. The van der Waals surface area contributed by atoms with Crippen LogP contribution in [-0.4, -0.2) is 43.7 Å². The number of hydrogen-bond donors (Lipinski definition) is 1. The Morgan fingerprint density at radius 2 is 1.89 bits per heavy atom. The number of aliphatic imine (C=N–C) groups is 1. The van der Waals surface area contributed by atoms with E-state index >= 15 is 0 Å². The molecule has 0 spiro atoms. The number of rotatable bonds is 1. The quantitative estimate of drug-likeness (QED) is 0.865. The largest absolute Gasteiger partial charge is 0.378 e. The monoisotopic (exact) mass is 299 g/mol. The summed E-state index contributed by atoms with van der Waals surface area (Å²) in [6, 6.07) is 5.63. The number of guanidine groups is 1. The van der Waals surface area contributed by atoms with Crippen molar-refractivity contribution >= 4 is 29.2 Å². The molecular formula is C13H15Cl2N3O. The highest BCUT2D eigenvalue weighted by molar-refractivity contribution is 6.36. The fourth-order valence-electron chi connectivity index (χ4n) is 2.40. The summed E-state index contributed by atoms with van der Waals surface area (Å²) in [6.45, 7) is 3.90. The molecule has 1 aromatic carbocycles. The summed E-state index contributed by atoms with van der Waals surface area (Å²) in [4.78, 5) is 6.76. The number of nitrogens with zero attached hydrogens (tertiary/aromatic N) is 2. The minimum atomic E-state index is 0.0547. The third-order valence-electron chi connectivity index (χ3n) is 3.39. The maximum Gasteiger partial charge on any atom is 0.194 e. The molecule has 1 saturated heterocycles. The van der Waals surface area contributed by atoms with E-state index in [1.165, 1.54) is 0 Å². The Labute approximate surface area is 122 Å². The molecule has 1 unspecified atom stereocenters. The lowest BCUT2D eigenvalue weighted by atomic mass is 10.1. The highest BCUT2D eigenvalue weighted by atomic mass is 35.5. The van der Waals surface area contributed by atoms with E-state index in [0.29, 0.717) is 16.6 Å². The van der Waals surface area contributed by atoms with Gasteiger partial charge in [0.1, 0.15) is 0 Å². The molecule has 1 atom stereocenters. The standard InChI is InChI=1S/C13H15Cl2N3O/c14-9-2-1-3-10(15)12(9)11-8-16-13(17-11)18-4-6-19-7-5-18/h1-3,11H,4-8H2,(H,16,17). The number of halogens is 2. The Bertz CT molecular complexity index is 480. The third kappa shape index (κ3) is 2.66. The summed E-state index contributed by atoms with van der Waals surface area (Å²) in [5, 5.41) is 4.78. The van der Waals surface area contributed by atoms with Crippen LogP contribution in [0.4, 0.5) is 0 Å². The SMILES string of the molecule is Clc1cccc(Cl)c1C1CN=C(N2CCOCC2)N1. The third-order valence-corrected chi connectivity index (χ3v) is 4.04. The van der Waals surface area contributed by atoms with Crippen molar-refractivity contribution in [2.24, 2.45) is 4.99 Å². The molecule has 2 heterocycles. The number of ether oxygens (including phenoxy) is 1. The van der Waals surface area contributed by atoms with Crippen molar-refractivity contribution < 1.29 is 4.74 Å². The van der Waals surface area contributed by atoms with Gasteiger partial charge in [-0.1, -0.05) is 29.3 Å². The van der Waals surface area contributed by atoms with Crippen LogP contribution in [0.15, 0.2) is 23.2 Å². The van der Waals surface area contributed by atoms with Gasteiger partial charge in [0.05, 0.1) is 25.8 Å². The van der Waals surface area contributed by atoms with Gasteiger partial charge >= 0.3 is 0 Å². The van der Waals surface area contributed by atoms with E-state index in [2.05, 4.69) is 15.2 Å². The molecule has 2 aliphatic heterocycles. The molecule has 0 radical (unpaired) electrons. The van der Waals surface area contributed by atoms with Gasteiger partial charge in [-0.3, -0.25) is 4.99 Å². The minimum Gasteiger partial charge on any atom is -0.378 e. The summed E-state index contributed by atoms with van der Waals surface area (Å²) in [5.41, 5.74) is 0.929. The first-order valence-corrected chi connectivity index (χ1v) is 7.09. The van der Waals surface area contributed by atoms with Crippen LogP contribution in [0.5, 0.6) is 0 Å². The van der Waals surface area contributed by atoms with Gasteiger partial charge in [0.25, 0.3) is 0 Å². The average Bonchev–Trinajstić information content (AvgIpc) is 2.89. The lowest BCUT2D eigenvalue weighted by Crippen LogP contribution is -2.46. The smallest absolute Gasteiger partial charge is 0.194 e. The molecule has 1 aromatic rings. The fraction of sp³-hybridized carbons (Fsp3) is 0.462. The highest BCUT2D eigenvalue weighted by Crippen LogP contribution is 2.32. The Morgan fingerprint density at radius 1 is 1.21 bits per heavy atom. The van der Waals surface area contributed by atoms with E-state index in [9.17, 15) is 0 Å². The van der Waals surface area contributed by atoms with E-state index in [-0.39, 0.29) is 6.04 Å². The normalized spacial score (nSPS) is 23.2. The zero-order chi connectivity index (χ0) is 13.2. The van der Waals surface area contributed by atoms with Crippen LogP contribution >= 0.6 is 23.2 Å². The van der Waals surface area contributed by atoms with E-state index in [1.807, 2.05) is 18.2 Å². The number of hydrogen-bond acceptors (Lipinski definition) is 4. The first-order chi connectivity index (χ1) is 9.25. The Morgan fingerprint density at radius 3 is 2.58 bits per heavy atom. The summed E-state index contributed by atoms with van der Waals surface area (Å²) < 4.78 is 5.34. The van der Waals surface area contributed by atoms with Crippen molar-refractivity contribution in [3.8, 4) is 0 Å². The highest BCUT2D eigenvalue weighted by Gasteiger charge is 2.27. The summed E-state index contributed by atoms with van der Waals surface area (Å²) in [5.74, 6) is 0.921. The molecule has 2 aliphatic rings. The minimum absolute atomic E-state index is 0.0547. The average molecular weight is 300 g/mol. The molecule has 0 amide bonds. The Hall–Kier alpha value is -0.970. The molecule has 1 N–H and O–H groups in total. The summed E-state index contributed by atoms with van der Waals surface area (Å²) >= 11 is 12.5. The van der Waals surface area contributed by atoms with Gasteiger partial charge in [-0.15, -0.1) is 0 Å². The molecule has 3 rings (SSSR count). The van der Waals surface area contributed by atoms with E-state index < -0.39 is 0 Å². The van der Waals surface area contributed by atoms with Crippen molar-refractivity contribution in [1.82, 2.24) is 10.2 Å². The second-order valence-corrected chi connectivity index (χ2v) is 5.41. The van der Waals surface area contributed by atoms with Crippen molar-refractivity contribution in [3.63, 3.8) is 0 Å². The Balaban J connectivity index is 1.73. The van der Waals surface area contributed by atoms with Crippen LogP contribution in [0.1, 0.15) is 11.6 Å². The van der Waals surface area contributed by atoms with Crippen molar-refractivity contribution in [1.29, 1.82) is 0 Å². The lowest BCUT2D eigenvalue weighted by Gasteiger charge is -2.29. The zero-order valence-electron chi connectivity index (χ0n) is 10.4. The first-order valence-electron chi connectivity index (χ1n) is 6.33. The van der Waals surface area contributed by atoms with Crippen molar-refractivity contribution in [3.05, 3.63) is 33.8 Å². The summed E-state index contributed by atoms with van der Waals surface area (Å²) in [7, 11) is 0. The predicted octanol–water partition coefficient (Wildman–Crippen LogP) is 2.33. The second-order valence-electron chi connectivity index (χ2n) is 4.60. The molecule has 4 nitrogen and oxygen atoms in total. The van der Waals surface area contributed by atoms with Crippen LogP contribution in [0, 0.1) is 0 Å². The van der Waals surface area contributed by atoms with Crippen molar-refractivity contribution in [2.45, 2.75) is 6.04 Å².